The Morgan fingerprint density at radius 2 is 1.90 bits per heavy atom. The SMILES string of the molecule is N#Cc1cc(F)c(N2CCOC3CCCCC32)c(F)c1. The second-order valence-corrected chi connectivity index (χ2v) is 5.35. The summed E-state index contributed by atoms with van der Waals surface area (Å²) >= 11 is 0. The van der Waals surface area contributed by atoms with Crippen molar-refractivity contribution in [1.82, 2.24) is 0 Å². The van der Waals surface area contributed by atoms with Crippen LogP contribution in [0.5, 0.6) is 0 Å². The Balaban J connectivity index is 1.97. The van der Waals surface area contributed by atoms with Crippen molar-refractivity contribution >= 4 is 5.69 Å². The molecule has 2 unspecified atom stereocenters. The van der Waals surface area contributed by atoms with Crippen LogP contribution in [0.1, 0.15) is 31.2 Å². The van der Waals surface area contributed by atoms with Crippen LogP contribution in [-0.4, -0.2) is 25.3 Å². The fourth-order valence-corrected chi connectivity index (χ4v) is 3.28. The fraction of sp³-hybridized carbons (Fsp3) is 0.533. The molecular formula is C15H16F2N2O. The van der Waals surface area contributed by atoms with Gasteiger partial charge < -0.3 is 9.64 Å². The lowest BCUT2D eigenvalue weighted by Gasteiger charge is -2.45. The molecule has 2 fully saturated rings. The summed E-state index contributed by atoms with van der Waals surface area (Å²) in [6.07, 6.45) is 4.06. The highest BCUT2D eigenvalue weighted by molar-refractivity contribution is 5.54. The standard InChI is InChI=1S/C15H16F2N2O/c16-11-7-10(9-18)8-12(17)15(11)19-5-6-20-14-4-2-1-3-13(14)19/h7-8,13-14H,1-6H2. The van der Waals surface area contributed by atoms with E-state index >= 15 is 0 Å². The number of anilines is 1. The van der Waals surface area contributed by atoms with E-state index in [9.17, 15) is 8.78 Å². The largest absolute Gasteiger partial charge is 0.374 e. The van der Waals surface area contributed by atoms with E-state index in [4.69, 9.17) is 10.00 Å². The lowest BCUT2D eigenvalue weighted by molar-refractivity contribution is -0.00916. The van der Waals surface area contributed by atoms with E-state index < -0.39 is 11.6 Å². The number of benzene rings is 1. The normalized spacial score (nSPS) is 25.9. The molecule has 5 heteroatoms. The van der Waals surface area contributed by atoms with Gasteiger partial charge in [0, 0.05) is 6.54 Å². The predicted octanol–water partition coefficient (Wildman–Crippen LogP) is 2.98. The molecule has 20 heavy (non-hydrogen) atoms. The summed E-state index contributed by atoms with van der Waals surface area (Å²) in [4.78, 5) is 1.79. The Hall–Kier alpha value is -1.67. The van der Waals surface area contributed by atoms with Gasteiger partial charge in [-0.1, -0.05) is 12.8 Å². The summed E-state index contributed by atoms with van der Waals surface area (Å²) in [5.74, 6) is -1.32. The maximum Gasteiger partial charge on any atom is 0.150 e. The second-order valence-electron chi connectivity index (χ2n) is 5.35. The molecule has 0 spiro atoms. The highest BCUT2D eigenvalue weighted by Crippen LogP contribution is 2.35. The monoisotopic (exact) mass is 278 g/mol. The highest BCUT2D eigenvalue weighted by atomic mass is 19.1. The summed E-state index contributed by atoms with van der Waals surface area (Å²) in [5.41, 5.74) is 0.00130. The first kappa shape index (κ1) is 13.3. The van der Waals surface area contributed by atoms with Gasteiger partial charge in [0.15, 0.2) is 11.6 Å². The third kappa shape index (κ3) is 2.25. The van der Waals surface area contributed by atoms with Crippen LogP contribution in [0.15, 0.2) is 12.1 Å². The number of nitriles is 1. The predicted molar refractivity (Wildman–Crippen MR) is 70.4 cm³/mol. The van der Waals surface area contributed by atoms with Crippen molar-refractivity contribution < 1.29 is 13.5 Å². The Kier molecular flexibility index (Phi) is 3.58. The van der Waals surface area contributed by atoms with Gasteiger partial charge in [0.1, 0.15) is 5.69 Å². The first-order chi connectivity index (χ1) is 9.70. The van der Waals surface area contributed by atoms with Gasteiger partial charge in [0.2, 0.25) is 0 Å². The molecule has 1 aliphatic heterocycles. The van der Waals surface area contributed by atoms with Crippen molar-refractivity contribution in [3.05, 3.63) is 29.3 Å². The average Bonchev–Trinajstić information content (AvgIpc) is 2.46. The van der Waals surface area contributed by atoms with Crippen molar-refractivity contribution in [3.8, 4) is 6.07 Å². The topological polar surface area (TPSA) is 36.3 Å². The molecule has 0 N–H and O–H groups in total. The van der Waals surface area contributed by atoms with E-state index in [2.05, 4.69) is 0 Å². The fourth-order valence-electron chi connectivity index (χ4n) is 3.28. The van der Waals surface area contributed by atoms with Gasteiger partial charge in [-0.25, -0.2) is 8.78 Å². The molecule has 0 amide bonds. The number of hydrogen-bond donors (Lipinski definition) is 0. The number of nitrogens with zero attached hydrogens (tertiary/aromatic N) is 2. The summed E-state index contributed by atoms with van der Waals surface area (Å²) in [6.45, 7) is 0.973. The zero-order chi connectivity index (χ0) is 14.1. The lowest BCUT2D eigenvalue weighted by atomic mass is 9.89. The number of ether oxygens (including phenoxy) is 1. The number of morpholine rings is 1. The van der Waals surface area contributed by atoms with E-state index in [1.807, 2.05) is 0 Å². The molecule has 3 nitrogen and oxygen atoms in total. The van der Waals surface area contributed by atoms with Crippen molar-refractivity contribution in [2.24, 2.45) is 0 Å². The minimum Gasteiger partial charge on any atom is -0.374 e. The van der Waals surface area contributed by atoms with E-state index in [0.29, 0.717) is 13.2 Å². The van der Waals surface area contributed by atoms with Crippen LogP contribution < -0.4 is 4.90 Å². The van der Waals surface area contributed by atoms with Crippen LogP contribution in [0, 0.1) is 23.0 Å². The minimum atomic E-state index is -0.659. The molecule has 1 saturated carbocycles. The molecule has 0 bridgehead atoms. The van der Waals surface area contributed by atoms with Gasteiger partial charge in [-0.2, -0.15) is 5.26 Å². The van der Waals surface area contributed by atoms with Gasteiger partial charge in [0.05, 0.1) is 30.4 Å². The maximum atomic E-state index is 14.2. The van der Waals surface area contributed by atoms with Crippen molar-refractivity contribution in [2.45, 2.75) is 37.8 Å². The minimum absolute atomic E-state index is 0.01000. The lowest BCUT2D eigenvalue weighted by Crippen LogP contribution is -2.53. The molecule has 1 aromatic carbocycles. The van der Waals surface area contributed by atoms with Crippen LogP contribution in [0.25, 0.3) is 0 Å². The maximum absolute atomic E-state index is 14.2. The molecule has 1 heterocycles. The first-order valence-corrected chi connectivity index (χ1v) is 6.98. The number of hydrogen-bond acceptors (Lipinski definition) is 3. The number of halogens is 2. The molecule has 106 valence electrons. The summed E-state index contributed by atoms with van der Waals surface area (Å²) in [6, 6.07) is 4.01. The molecular weight excluding hydrogens is 262 g/mol. The molecule has 2 atom stereocenters. The number of fused-ring (bicyclic) bond motifs is 1. The molecule has 1 aliphatic carbocycles. The van der Waals surface area contributed by atoms with Gasteiger partial charge >= 0.3 is 0 Å². The average molecular weight is 278 g/mol. The van der Waals surface area contributed by atoms with Gasteiger partial charge in [-0.15, -0.1) is 0 Å². The molecule has 1 aromatic rings. The van der Waals surface area contributed by atoms with Crippen molar-refractivity contribution in [3.63, 3.8) is 0 Å². The Morgan fingerprint density at radius 3 is 2.60 bits per heavy atom. The Bertz CT molecular complexity index is 530. The molecule has 3 rings (SSSR count). The van der Waals surface area contributed by atoms with Crippen molar-refractivity contribution in [1.29, 1.82) is 5.26 Å². The van der Waals surface area contributed by atoms with Crippen LogP contribution >= 0.6 is 0 Å². The first-order valence-electron chi connectivity index (χ1n) is 6.98. The highest BCUT2D eigenvalue weighted by Gasteiger charge is 2.36. The third-order valence-electron chi connectivity index (χ3n) is 4.17. The zero-order valence-electron chi connectivity index (χ0n) is 11.1. The second kappa shape index (κ2) is 5.37. The van der Waals surface area contributed by atoms with Crippen LogP contribution in [-0.2, 0) is 4.74 Å². The smallest absolute Gasteiger partial charge is 0.150 e. The van der Waals surface area contributed by atoms with Crippen molar-refractivity contribution in [2.75, 3.05) is 18.1 Å². The Morgan fingerprint density at radius 1 is 1.20 bits per heavy atom. The van der Waals surface area contributed by atoms with E-state index in [-0.39, 0.29) is 23.4 Å². The van der Waals surface area contributed by atoms with Crippen LogP contribution in [0.4, 0.5) is 14.5 Å². The number of rotatable bonds is 1. The zero-order valence-corrected chi connectivity index (χ0v) is 11.1. The van der Waals surface area contributed by atoms with Crippen LogP contribution in [0.2, 0.25) is 0 Å². The molecule has 0 radical (unpaired) electrons. The van der Waals surface area contributed by atoms with E-state index in [1.165, 1.54) is 0 Å². The molecule has 0 aromatic heterocycles. The third-order valence-corrected chi connectivity index (χ3v) is 4.17. The molecule has 2 aliphatic rings. The van der Waals surface area contributed by atoms with Crippen LogP contribution in [0.3, 0.4) is 0 Å². The van der Waals surface area contributed by atoms with Gasteiger partial charge in [0.25, 0.3) is 0 Å². The van der Waals surface area contributed by atoms with Gasteiger partial charge in [-0.3, -0.25) is 0 Å². The molecule has 1 saturated heterocycles. The summed E-state index contributed by atoms with van der Waals surface area (Å²) in [5, 5.41) is 8.76. The van der Waals surface area contributed by atoms with E-state index in [0.717, 1.165) is 37.8 Å². The van der Waals surface area contributed by atoms with E-state index in [1.54, 1.807) is 11.0 Å². The quantitative estimate of drug-likeness (QED) is 0.792. The Labute approximate surface area is 116 Å². The summed E-state index contributed by atoms with van der Waals surface area (Å²) in [7, 11) is 0. The summed E-state index contributed by atoms with van der Waals surface area (Å²) < 4.78 is 34.1. The van der Waals surface area contributed by atoms with Gasteiger partial charge in [-0.05, 0) is 25.0 Å².